The zero-order valence-corrected chi connectivity index (χ0v) is 14.1. The molecule has 21 heavy (non-hydrogen) atoms. The van der Waals surface area contributed by atoms with Crippen molar-refractivity contribution in [1.82, 2.24) is 9.88 Å². The number of benzene rings is 1. The third-order valence-electron chi connectivity index (χ3n) is 3.60. The fourth-order valence-corrected chi connectivity index (χ4v) is 3.32. The number of carbonyl (C=O) groups excluding carboxylic acids is 1. The van der Waals surface area contributed by atoms with Gasteiger partial charge in [0.05, 0.1) is 6.54 Å². The highest BCUT2D eigenvalue weighted by Gasteiger charge is 2.28. The Morgan fingerprint density at radius 1 is 1.38 bits per heavy atom. The van der Waals surface area contributed by atoms with Crippen LogP contribution in [0.2, 0.25) is 0 Å². The van der Waals surface area contributed by atoms with Crippen molar-refractivity contribution in [3.8, 4) is 0 Å². The van der Waals surface area contributed by atoms with Gasteiger partial charge in [-0.3, -0.25) is 0 Å². The van der Waals surface area contributed by atoms with E-state index >= 15 is 0 Å². The summed E-state index contributed by atoms with van der Waals surface area (Å²) in [6.45, 7) is 6.95. The van der Waals surface area contributed by atoms with Crippen LogP contribution in [0, 0.1) is 0 Å². The fraction of sp³-hybridized carbons (Fsp3) is 0.438. The van der Waals surface area contributed by atoms with Crippen molar-refractivity contribution >= 4 is 32.9 Å². The molecule has 0 spiro atoms. The summed E-state index contributed by atoms with van der Waals surface area (Å²) in [6, 6.07) is 6.11. The number of H-pyrrole nitrogens is 1. The largest absolute Gasteiger partial charge is 0.444 e. The summed E-state index contributed by atoms with van der Waals surface area (Å²) in [4.78, 5) is 17.5. The van der Waals surface area contributed by atoms with E-state index in [1.165, 1.54) is 16.6 Å². The predicted octanol–water partition coefficient (Wildman–Crippen LogP) is 4.22. The molecular formula is C16H19BrN2O2. The van der Waals surface area contributed by atoms with Crippen molar-refractivity contribution < 1.29 is 9.53 Å². The SMILES string of the molecule is CC(C)(C)OC(=O)N1CCc2[nH]c3cccc(Br)c3c2C1. The predicted molar refractivity (Wildman–Crippen MR) is 86.3 cm³/mol. The van der Waals surface area contributed by atoms with E-state index in [9.17, 15) is 4.79 Å². The molecule has 5 heteroatoms. The highest BCUT2D eigenvalue weighted by molar-refractivity contribution is 9.10. The third kappa shape index (κ3) is 2.79. The lowest BCUT2D eigenvalue weighted by Crippen LogP contribution is -2.39. The maximum atomic E-state index is 12.2. The Morgan fingerprint density at radius 2 is 2.14 bits per heavy atom. The van der Waals surface area contributed by atoms with Crippen LogP contribution in [0.3, 0.4) is 0 Å². The van der Waals surface area contributed by atoms with Crippen LogP contribution >= 0.6 is 15.9 Å². The molecule has 0 fully saturated rings. The van der Waals surface area contributed by atoms with E-state index in [1.54, 1.807) is 4.90 Å². The molecule has 1 N–H and O–H groups in total. The van der Waals surface area contributed by atoms with Crippen LogP contribution in [-0.2, 0) is 17.7 Å². The number of amides is 1. The van der Waals surface area contributed by atoms with Crippen molar-refractivity contribution in [2.24, 2.45) is 0 Å². The Morgan fingerprint density at radius 3 is 2.86 bits per heavy atom. The van der Waals surface area contributed by atoms with Crippen LogP contribution in [0.25, 0.3) is 10.9 Å². The molecule has 0 aliphatic carbocycles. The Labute approximate surface area is 132 Å². The second kappa shape index (κ2) is 5.05. The van der Waals surface area contributed by atoms with Gasteiger partial charge in [0.25, 0.3) is 0 Å². The molecule has 1 aromatic carbocycles. The van der Waals surface area contributed by atoms with Crippen molar-refractivity contribution in [3.05, 3.63) is 33.9 Å². The van der Waals surface area contributed by atoms with Crippen LogP contribution in [0.15, 0.2) is 22.7 Å². The van der Waals surface area contributed by atoms with E-state index in [0.29, 0.717) is 13.1 Å². The van der Waals surface area contributed by atoms with Crippen LogP contribution < -0.4 is 0 Å². The number of nitrogens with zero attached hydrogens (tertiary/aromatic N) is 1. The quantitative estimate of drug-likeness (QED) is 0.772. The second-order valence-electron chi connectivity index (χ2n) is 6.40. The molecule has 2 heterocycles. The van der Waals surface area contributed by atoms with E-state index in [2.05, 4.69) is 27.0 Å². The molecule has 0 radical (unpaired) electrons. The van der Waals surface area contributed by atoms with E-state index < -0.39 is 5.60 Å². The number of aromatic nitrogens is 1. The molecule has 1 amide bonds. The normalized spacial score (nSPS) is 15.1. The minimum atomic E-state index is -0.460. The second-order valence-corrected chi connectivity index (χ2v) is 7.25. The average Bonchev–Trinajstić information content (AvgIpc) is 2.75. The number of hydrogen-bond donors (Lipinski definition) is 1. The maximum absolute atomic E-state index is 12.2. The lowest BCUT2D eigenvalue weighted by molar-refractivity contribution is 0.0224. The van der Waals surface area contributed by atoms with Crippen molar-refractivity contribution in [2.75, 3.05) is 6.54 Å². The standard InChI is InChI=1S/C16H19BrN2O2/c1-16(2,3)21-15(20)19-8-7-12-10(9-19)14-11(17)5-4-6-13(14)18-12/h4-6,18H,7-9H2,1-3H3. The van der Waals surface area contributed by atoms with Gasteiger partial charge in [-0.25, -0.2) is 4.79 Å². The van der Waals surface area contributed by atoms with Gasteiger partial charge in [-0.2, -0.15) is 0 Å². The van der Waals surface area contributed by atoms with Crippen LogP contribution in [0.4, 0.5) is 4.79 Å². The number of fused-ring (bicyclic) bond motifs is 3. The number of rotatable bonds is 0. The molecule has 0 saturated carbocycles. The Kier molecular flexibility index (Phi) is 3.48. The molecule has 0 bridgehead atoms. The zero-order chi connectivity index (χ0) is 15.2. The molecule has 0 atom stereocenters. The van der Waals surface area contributed by atoms with Gasteiger partial charge >= 0.3 is 6.09 Å². The van der Waals surface area contributed by atoms with Gasteiger partial charge < -0.3 is 14.6 Å². The summed E-state index contributed by atoms with van der Waals surface area (Å²) in [7, 11) is 0. The molecule has 1 aliphatic rings. The molecule has 4 nitrogen and oxygen atoms in total. The number of hydrogen-bond acceptors (Lipinski definition) is 2. The van der Waals surface area contributed by atoms with Crippen molar-refractivity contribution in [3.63, 3.8) is 0 Å². The first-order chi connectivity index (χ1) is 9.85. The maximum Gasteiger partial charge on any atom is 0.410 e. The third-order valence-corrected chi connectivity index (χ3v) is 4.26. The first-order valence-electron chi connectivity index (χ1n) is 7.11. The van der Waals surface area contributed by atoms with E-state index in [0.717, 1.165) is 16.4 Å². The van der Waals surface area contributed by atoms with Gasteiger partial charge in [0.15, 0.2) is 0 Å². The Hall–Kier alpha value is -1.49. The molecular weight excluding hydrogens is 332 g/mol. The summed E-state index contributed by atoms with van der Waals surface area (Å²) in [5.74, 6) is 0. The van der Waals surface area contributed by atoms with Gasteiger partial charge in [0.1, 0.15) is 5.60 Å². The first-order valence-corrected chi connectivity index (χ1v) is 7.90. The van der Waals surface area contributed by atoms with E-state index in [-0.39, 0.29) is 6.09 Å². The minimum absolute atomic E-state index is 0.241. The number of nitrogens with one attached hydrogen (secondary N) is 1. The first kappa shape index (κ1) is 14.4. The molecule has 2 aromatic rings. The van der Waals surface area contributed by atoms with Gasteiger partial charge in [-0.1, -0.05) is 22.0 Å². The number of carbonyl (C=O) groups is 1. The fourth-order valence-electron chi connectivity index (χ4n) is 2.71. The highest BCUT2D eigenvalue weighted by atomic mass is 79.9. The monoisotopic (exact) mass is 350 g/mol. The van der Waals surface area contributed by atoms with Crippen LogP contribution in [0.1, 0.15) is 32.0 Å². The molecule has 3 rings (SSSR count). The molecule has 112 valence electrons. The summed E-state index contributed by atoms with van der Waals surface area (Å²) >= 11 is 3.61. The van der Waals surface area contributed by atoms with E-state index in [4.69, 9.17) is 4.74 Å². The van der Waals surface area contributed by atoms with Gasteiger partial charge in [0.2, 0.25) is 0 Å². The smallest absolute Gasteiger partial charge is 0.410 e. The molecule has 0 unspecified atom stereocenters. The summed E-state index contributed by atoms with van der Waals surface area (Å²) in [5, 5.41) is 1.17. The Bertz CT molecular complexity index is 700. The number of halogens is 1. The van der Waals surface area contributed by atoms with Gasteiger partial charge in [-0.15, -0.1) is 0 Å². The summed E-state index contributed by atoms with van der Waals surface area (Å²) in [6.07, 6.45) is 0.588. The minimum Gasteiger partial charge on any atom is -0.444 e. The molecule has 0 saturated heterocycles. The number of ether oxygens (including phenoxy) is 1. The van der Waals surface area contributed by atoms with E-state index in [1.807, 2.05) is 32.9 Å². The molecule has 1 aromatic heterocycles. The molecule has 1 aliphatic heterocycles. The lowest BCUT2D eigenvalue weighted by Gasteiger charge is -2.30. The van der Waals surface area contributed by atoms with Gasteiger partial charge in [0, 0.05) is 39.6 Å². The van der Waals surface area contributed by atoms with Crippen molar-refractivity contribution in [2.45, 2.75) is 39.3 Å². The summed E-state index contributed by atoms with van der Waals surface area (Å²) < 4.78 is 6.53. The highest BCUT2D eigenvalue weighted by Crippen LogP contribution is 2.33. The average molecular weight is 351 g/mol. The van der Waals surface area contributed by atoms with Crippen LogP contribution in [-0.4, -0.2) is 28.1 Å². The summed E-state index contributed by atoms with van der Waals surface area (Å²) in [5.41, 5.74) is 3.06. The van der Waals surface area contributed by atoms with Crippen LogP contribution in [0.5, 0.6) is 0 Å². The Balaban J connectivity index is 1.91. The lowest BCUT2D eigenvalue weighted by atomic mass is 10.0. The van der Waals surface area contributed by atoms with Crippen molar-refractivity contribution in [1.29, 1.82) is 0 Å². The zero-order valence-electron chi connectivity index (χ0n) is 12.5. The number of aromatic amines is 1. The van der Waals surface area contributed by atoms with Gasteiger partial charge in [-0.05, 0) is 32.9 Å². The topological polar surface area (TPSA) is 45.3 Å².